The normalized spacial score (nSPS) is 6.00. The van der Waals surface area contributed by atoms with Crippen molar-refractivity contribution in [3.63, 3.8) is 0 Å². The summed E-state index contributed by atoms with van der Waals surface area (Å²) in [7, 11) is 0. The van der Waals surface area contributed by atoms with Gasteiger partial charge in [0.25, 0.3) is 6.47 Å². The molecule has 0 spiro atoms. The van der Waals surface area contributed by atoms with Crippen LogP contribution in [-0.4, -0.2) is 25.7 Å². The Morgan fingerprint density at radius 3 is 2.60 bits per heavy atom. The van der Waals surface area contributed by atoms with Crippen LogP contribution in [0.25, 0.3) is 0 Å². The van der Waals surface area contributed by atoms with Crippen molar-refractivity contribution in [1.29, 1.82) is 0 Å². The zero-order chi connectivity index (χ0) is 8.24. The summed E-state index contributed by atoms with van der Waals surface area (Å²) in [5.74, 6) is 0. The summed E-state index contributed by atoms with van der Waals surface area (Å²) >= 11 is 0. The van der Waals surface area contributed by atoms with Crippen molar-refractivity contribution < 1.29 is 14.3 Å². The SMILES string of the molecule is C=C.O=C=NCCOC=O. The van der Waals surface area contributed by atoms with E-state index >= 15 is 0 Å². The van der Waals surface area contributed by atoms with E-state index in [0.29, 0.717) is 6.47 Å². The molecule has 0 bridgehead atoms. The highest BCUT2D eigenvalue weighted by Gasteiger charge is 1.77. The molecular formula is C6H9NO3. The standard InChI is InChI=1S/C4H5NO3.C2H4/c6-3-5-1-2-8-4-7;1-2/h4H,1-2H2;1-2H2. The molecule has 0 N–H and O–H groups in total. The molecule has 4 heteroatoms. The van der Waals surface area contributed by atoms with Gasteiger partial charge in [0, 0.05) is 0 Å². The molecule has 0 aromatic rings. The number of nitrogens with zero attached hydrogens (tertiary/aromatic N) is 1. The fourth-order valence-electron chi connectivity index (χ4n) is 0.192. The van der Waals surface area contributed by atoms with Crippen LogP contribution in [0.3, 0.4) is 0 Å². The van der Waals surface area contributed by atoms with Crippen molar-refractivity contribution in [1.82, 2.24) is 0 Å². The van der Waals surface area contributed by atoms with Crippen molar-refractivity contribution in [2.45, 2.75) is 0 Å². The fraction of sp³-hybridized carbons (Fsp3) is 0.333. The van der Waals surface area contributed by atoms with Gasteiger partial charge in [-0.2, -0.15) is 0 Å². The number of ether oxygens (including phenoxy) is 1. The lowest BCUT2D eigenvalue weighted by Gasteiger charge is -1.87. The summed E-state index contributed by atoms with van der Waals surface area (Å²) in [4.78, 5) is 21.9. The van der Waals surface area contributed by atoms with E-state index in [1.165, 1.54) is 6.08 Å². The second kappa shape index (κ2) is 15.6. The first kappa shape index (κ1) is 11.4. The van der Waals surface area contributed by atoms with E-state index < -0.39 is 0 Å². The van der Waals surface area contributed by atoms with Crippen LogP contribution >= 0.6 is 0 Å². The number of carbonyl (C=O) groups is 1. The van der Waals surface area contributed by atoms with Crippen LogP contribution in [0.2, 0.25) is 0 Å². The predicted molar refractivity (Wildman–Crippen MR) is 36.3 cm³/mol. The second-order valence-corrected chi connectivity index (χ2v) is 0.940. The Bertz CT molecular complexity index is 118. The van der Waals surface area contributed by atoms with Gasteiger partial charge in [-0.1, -0.05) is 0 Å². The zero-order valence-electron chi connectivity index (χ0n) is 5.58. The van der Waals surface area contributed by atoms with E-state index in [4.69, 9.17) is 0 Å². The Morgan fingerprint density at radius 2 is 2.20 bits per heavy atom. The smallest absolute Gasteiger partial charge is 0.293 e. The molecule has 56 valence electrons. The minimum Gasteiger partial charge on any atom is -0.466 e. The number of carbonyl (C=O) groups excluding carboxylic acids is 2. The Balaban J connectivity index is 0. The van der Waals surface area contributed by atoms with E-state index in [1.54, 1.807) is 0 Å². The van der Waals surface area contributed by atoms with E-state index in [9.17, 15) is 9.59 Å². The number of rotatable bonds is 4. The Morgan fingerprint density at radius 1 is 1.60 bits per heavy atom. The highest BCUT2D eigenvalue weighted by atomic mass is 16.5. The van der Waals surface area contributed by atoms with Gasteiger partial charge in [-0.15, -0.1) is 13.2 Å². The first-order valence-corrected chi connectivity index (χ1v) is 2.50. The van der Waals surface area contributed by atoms with Gasteiger partial charge in [0.05, 0.1) is 6.54 Å². The van der Waals surface area contributed by atoms with Gasteiger partial charge in [0.2, 0.25) is 6.08 Å². The lowest BCUT2D eigenvalue weighted by molar-refractivity contribution is -0.128. The molecule has 0 aliphatic heterocycles. The molecule has 0 saturated carbocycles. The molecule has 0 rings (SSSR count). The third-order valence-corrected chi connectivity index (χ3v) is 0.454. The number of hydrogen-bond donors (Lipinski definition) is 0. The summed E-state index contributed by atoms with van der Waals surface area (Å²) in [6, 6.07) is 0. The highest BCUT2D eigenvalue weighted by molar-refractivity contribution is 5.37. The molecule has 10 heavy (non-hydrogen) atoms. The molecule has 4 nitrogen and oxygen atoms in total. The summed E-state index contributed by atoms with van der Waals surface area (Å²) in [5.41, 5.74) is 0. The molecule has 0 aromatic carbocycles. The van der Waals surface area contributed by atoms with Crippen LogP contribution in [0, 0.1) is 0 Å². The third-order valence-electron chi connectivity index (χ3n) is 0.454. The Hall–Kier alpha value is -1.41. The molecule has 0 saturated heterocycles. The van der Waals surface area contributed by atoms with Gasteiger partial charge in [-0.05, 0) is 0 Å². The number of isocyanates is 1. The lowest BCUT2D eigenvalue weighted by atomic mass is 10.7. The fourth-order valence-corrected chi connectivity index (χ4v) is 0.192. The molecule has 0 aliphatic carbocycles. The minimum atomic E-state index is 0.152. The summed E-state index contributed by atoms with van der Waals surface area (Å²) in [6.45, 7) is 6.65. The summed E-state index contributed by atoms with van der Waals surface area (Å²) < 4.78 is 4.18. The quantitative estimate of drug-likeness (QED) is 0.187. The minimum absolute atomic E-state index is 0.152. The molecule has 0 fully saturated rings. The van der Waals surface area contributed by atoms with Crippen molar-refractivity contribution in [3.05, 3.63) is 13.2 Å². The Kier molecular flexibility index (Phi) is 17.8. The van der Waals surface area contributed by atoms with Crippen LogP contribution in [0.15, 0.2) is 18.2 Å². The molecule has 0 heterocycles. The maximum atomic E-state index is 9.41. The molecule has 0 atom stereocenters. The van der Waals surface area contributed by atoms with E-state index in [2.05, 4.69) is 22.9 Å². The van der Waals surface area contributed by atoms with Crippen molar-refractivity contribution in [2.75, 3.05) is 13.2 Å². The van der Waals surface area contributed by atoms with Gasteiger partial charge >= 0.3 is 0 Å². The second-order valence-electron chi connectivity index (χ2n) is 0.940. The molecule has 0 amide bonds. The summed E-state index contributed by atoms with van der Waals surface area (Å²) in [6.07, 6.45) is 1.31. The average Bonchev–Trinajstić information content (AvgIpc) is 2.02. The van der Waals surface area contributed by atoms with Gasteiger partial charge in [0.15, 0.2) is 0 Å². The van der Waals surface area contributed by atoms with Crippen LogP contribution in [0.1, 0.15) is 0 Å². The first-order chi connectivity index (χ1) is 4.91. The average molecular weight is 143 g/mol. The van der Waals surface area contributed by atoms with Crippen LogP contribution in [0.5, 0.6) is 0 Å². The van der Waals surface area contributed by atoms with E-state index in [1.807, 2.05) is 0 Å². The Labute approximate surface area is 59.2 Å². The molecular weight excluding hydrogens is 134 g/mol. The van der Waals surface area contributed by atoms with Crippen LogP contribution in [-0.2, 0) is 14.3 Å². The number of hydrogen-bond acceptors (Lipinski definition) is 4. The number of aliphatic imine (C=N–C) groups is 1. The van der Waals surface area contributed by atoms with Crippen LogP contribution in [0.4, 0.5) is 0 Å². The topological polar surface area (TPSA) is 55.7 Å². The van der Waals surface area contributed by atoms with Gasteiger partial charge in [0.1, 0.15) is 6.61 Å². The maximum absolute atomic E-state index is 9.41. The molecule has 0 unspecified atom stereocenters. The van der Waals surface area contributed by atoms with E-state index in [0.717, 1.165) is 0 Å². The summed E-state index contributed by atoms with van der Waals surface area (Å²) in [5, 5.41) is 0. The van der Waals surface area contributed by atoms with E-state index in [-0.39, 0.29) is 13.2 Å². The molecule has 0 aliphatic rings. The maximum Gasteiger partial charge on any atom is 0.293 e. The van der Waals surface area contributed by atoms with Crippen molar-refractivity contribution in [2.24, 2.45) is 4.99 Å². The van der Waals surface area contributed by atoms with Crippen molar-refractivity contribution in [3.8, 4) is 0 Å². The predicted octanol–water partition coefficient (Wildman–Crippen LogP) is 0.297. The largest absolute Gasteiger partial charge is 0.466 e. The third kappa shape index (κ3) is 16.0. The highest BCUT2D eigenvalue weighted by Crippen LogP contribution is 1.67. The first-order valence-electron chi connectivity index (χ1n) is 2.50. The van der Waals surface area contributed by atoms with Gasteiger partial charge in [-0.25, -0.2) is 9.79 Å². The lowest BCUT2D eigenvalue weighted by Crippen LogP contribution is -1.94. The zero-order valence-corrected chi connectivity index (χ0v) is 5.58. The molecule has 0 radical (unpaired) electrons. The van der Waals surface area contributed by atoms with Gasteiger partial charge < -0.3 is 4.74 Å². The molecule has 0 aromatic heterocycles. The monoisotopic (exact) mass is 143 g/mol. The van der Waals surface area contributed by atoms with Crippen molar-refractivity contribution >= 4 is 12.6 Å². The van der Waals surface area contributed by atoms with Crippen LogP contribution < -0.4 is 0 Å². The van der Waals surface area contributed by atoms with Gasteiger partial charge in [-0.3, -0.25) is 4.79 Å².